The lowest BCUT2D eigenvalue weighted by Gasteiger charge is -2.24. The number of anilines is 2. The van der Waals surface area contributed by atoms with E-state index in [4.69, 9.17) is 14.5 Å². The molecule has 3 aromatic heterocycles. The van der Waals surface area contributed by atoms with Crippen LogP contribution in [0.15, 0.2) is 67.3 Å². The fourth-order valence-corrected chi connectivity index (χ4v) is 3.99. The minimum atomic E-state index is 0.372. The standard InChI is InChI=1S/C29H27N7O2/c1-5-21-10-11-30-29(33-21)7-6-12-36(23-13-24(37-3)16-25(14-23)38-4)22-8-9-26-27(15-22)34-28(18-31-26)20-17-32-35(2)19-20/h8-11,13-19H,5,12H2,1-4H3. The van der Waals surface area contributed by atoms with E-state index < -0.39 is 0 Å². The van der Waals surface area contributed by atoms with Crippen LogP contribution in [0.2, 0.25) is 0 Å². The number of aryl methyl sites for hydroxylation is 2. The lowest BCUT2D eigenvalue weighted by molar-refractivity contribution is 0.394. The van der Waals surface area contributed by atoms with Crippen LogP contribution in [0.4, 0.5) is 11.4 Å². The molecule has 0 aliphatic heterocycles. The van der Waals surface area contributed by atoms with E-state index in [2.05, 4.69) is 43.7 Å². The zero-order valence-corrected chi connectivity index (χ0v) is 21.7. The Labute approximate surface area is 221 Å². The van der Waals surface area contributed by atoms with E-state index in [-0.39, 0.29) is 0 Å². The van der Waals surface area contributed by atoms with Crippen molar-refractivity contribution in [2.24, 2.45) is 7.05 Å². The van der Waals surface area contributed by atoms with E-state index in [1.807, 2.05) is 55.7 Å². The van der Waals surface area contributed by atoms with Gasteiger partial charge in [0, 0.05) is 60.3 Å². The molecular formula is C29H27N7O2. The molecule has 0 saturated carbocycles. The summed E-state index contributed by atoms with van der Waals surface area (Å²) >= 11 is 0. The third-order valence-electron chi connectivity index (χ3n) is 6.00. The molecule has 9 heteroatoms. The summed E-state index contributed by atoms with van der Waals surface area (Å²) in [7, 11) is 5.14. The van der Waals surface area contributed by atoms with E-state index in [9.17, 15) is 0 Å². The van der Waals surface area contributed by atoms with Gasteiger partial charge in [0.25, 0.3) is 0 Å². The van der Waals surface area contributed by atoms with E-state index in [1.54, 1.807) is 37.5 Å². The molecule has 38 heavy (non-hydrogen) atoms. The van der Waals surface area contributed by atoms with Crippen molar-refractivity contribution in [3.05, 3.63) is 78.8 Å². The number of ether oxygens (including phenoxy) is 2. The van der Waals surface area contributed by atoms with Gasteiger partial charge >= 0.3 is 0 Å². The number of rotatable bonds is 7. The van der Waals surface area contributed by atoms with Crippen LogP contribution in [-0.2, 0) is 13.5 Å². The first kappa shape index (κ1) is 24.7. The fourth-order valence-electron chi connectivity index (χ4n) is 3.99. The van der Waals surface area contributed by atoms with Gasteiger partial charge in [-0.25, -0.2) is 15.0 Å². The monoisotopic (exact) mass is 505 g/mol. The Balaban J connectivity index is 1.57. The maximum absolute atomic E-state index is 5.53. The number of benzene rings is 2. The first-order valence-corrected chi connectivity index (χ1v) is 12.1. The Morgan fingerprint density at radius 3 is 2.42 bits per heavy atom. The summed E-state index contributed by atoms with van der Waals surface area (Å²) in [5, 5.41) is 4.25. The average molecular weight is 506 g/mol. The highest BCUT2D eigenvalue weighted by atomic mass is 16.5. The summed E-state index contributed by atoms with van der Waals surface area (Å²) in [4.78, 5) is 20.3. The molecule has 0 saturated heterocycles. The van der Waals surface area contributed by atoms with E-state index in [0.717, 1.165) is 45.8 Å². The molecule has 0 N–H and O–H groups in total. The molecule has 0 amide bonds. The molecule has 2 aromatic carbocycles. The maximum atomic E-state index is 5.53. The Morgan fingerprint density at radius 2 is 1.71 bits per heavy atom. The van der Waals surface area contributed by atoms with E-state index in [1.165, 1.54) is 0 Å². The molecule has 0 aliphatic carbocycles. The van der Waals surface area contributed by atoms with Crippen molar-refractivity contribution in [3.63, 3.8) is 0 Å². The third-order valence-corrected chi connectivity index (χ3v) is 6.00. The summed E-state index contributed by atoms with van der Waals surface area (Å²) in [6.07, 6.45) is 8.02. The molecule has 0 atom stereocenters. The molecule has 5 rings (SSSR count). The largest absolute Gasteiger partial charge is 0.497 e. The third kappa shape index (κ3) is 5.39. The van der Waals surface area contributed by atoms with Gasteiger partial charge in [-0.2, -0.15) is 5.10 Å². The maximum Gasteiger partial charge on any atom is 0.205 e. The first-order chi connectivity index (χ1) is 18.6. The number of fused-ring (bicyclic) bond motifs is 1. The van der Waals surface area contributed by atoms with E-state index in [0.29, 0.717) is 23.9 Å². The van der Waals surface area contributed by atoms with Crippen LogP contribution in [0.1, 0.15) is 18.4 Å². The SMILES string of the molecule is CCc1ccnc(C#CCN(c2cc(OC)cc(OC)c2)c2ccc3ncc(-c4cnn(C)c4)nc3c2)n1. The van der Waals surface area contributed by atoms with Crippen molar-refractivity contribution in [3.8, 4) is 34.6 Å². The van der Waals surface area contributed by atoms with Crippen LogP contribution in [0.5, 0.6) is 11.5 Å². The Bertz CT molecular complexity index is 1630. The van der Waals surface area contributed by atoms with Crippen molar-refractivity contribution in [2.45, 2.75) is 13.3 Å². The molecular weight excluding hydrogens is 478 g/mol. The highest BCUT2D eigenvalue weighted by Crippen LogP contribution is 2.34. The predicted octanol–water partition coefficient (Wildman–Crippen LogP) is 4.59. The van der Waals surface area contributed by atoms with Gasteiger partial charge in [0.1, 0.15) is 11.5 Å². The van der Waals surface area contributed by atoms with Gasteiger partial charge in [-0.3, -0.25) is 9.67 Å². The fraction of sp³-hybridized carbons (Fsp3) is 0.207. The van der Waals surface area contributed by atoms with Gasteiger partial charge in [0.2, 0.25) is 5.82 Å². The molecule has 0 spiro atoms. The van der Waals surface area contributed by atoms with E-state index >= 15 is 0 Å². The Kier molecular flexibility index (Phi) is 7.13. The minimum absolute atomic E-state index is 0.372. The summed E-state index contributed by atoms with van der Waals surface area (Å²) in [5.74, 6) is 8.19. The van der Waals surface area contributed by atoms with Crippen LogP contribution in [0, 0.1) is 11.8 Å². The Hall–Kier alpha value is -4.97. The second kappa shape index (κ2) is 11.0. The minimum Gasteiger partial charge on any atom is -0.497 e. The summed E-state index contributed by atoms with van der Waals surface area (Å²) in [6, 6.07) is 13.6. The van der Waals surface area contributed by atoms with Crippen molar-refractivity contribution >= 4 is 22.4 Å². The highest BCUT2D eigenvalue weighted by Gasteiger charge is 2.14. The first-order valence-electron chi connectivity index (χ1n) is 12.1. The smallest absolute Gasteiger partial charge is 0.205 e. The van der Waals surface area contributed by atoms with Crippen LogP contribution in [0.25, 0.3) is 22.3 Å². The lowest BCUT2D eigenvalue weighted by Crippen LogP contribution is -2.17. The van der Waals surface area contributed by atoms with Crippen LogP contribution in [0.3, 0.4) is 0 Å². The van der Waals surface area contributed by atoms with Crippen molar-refractivity contribution < 1.29 is 9.47 Å². The molecule has 0 aliphatic rings. The van der Waals surface area contributed by atoms with Gasteiger partial charge in [-0.1, -0.05) is 12.8 Å². The van der Waals surface area contributed by atoms with Crippen LogP contribution >= 0.6 is 0 Å². The lowest BCUT2D eigenvalue weighted by atomic mass is 10.2. The summed E-state index contributed by atoms with van der Waals surface area (Å²) in [5.41, 5.74) is 5.91. The molecule has 3 heterocycles. The second-order valence-electron chi connectivity index (χ2n) is 8.51. The zero-order chi connectivity index (χ0) is 26.5. The molecule has 190 valence electrons. The van der Waals surface area contributed by atoms with Crippen LogP contribution in [-0.4, -0.2) is 50.5 Å². The average Bonchev–Trinajstić information content (AvgIpc) is 3.40. The number of hydrogen-bond donors (Lipinski definition) is 0. The number of methoxy groups -OCH3 is 2. The quantitative estimate of drug-likeness (QED) is 0.297. The van der Waals surface area contributed by atoms with Crippen molar-refractivity contribution in [1.82, 2.24) is 29.7 Å². The Morgan fingerprint density at radius 1 is 0.895 bits per heavy atom. The van der Waals surface area contributed by atoms with Gasteiger partial charge in [0.15, 0.2) is 0 Å². The van der Waals surface area contributed by atoms with Gasteiger partial charge in [0.05, 0.1) is 49.9 Å². The summed E-state index contributed by atoms with van der Waals surface area (Å²) in [6.45, 7) is 2.43. The van der Waals surface area contributed by atoms with Crippen molar-refractivity contribution in [1.29, 1.82) is 0 Å². The topological polar surface area (TPSA) is 91.1 Å². The van der Waals surface area contributed by atoms with Gasteiger partial charge in [-0.05, 0) is 36.6 Å². The van der Waals surface area contributed by atoms with Gasteiger partial charge in [-0.15, -0.1) is 0 Å². The molecule has 0 bridgehead atoms. The normalized spacial score (nSPS) is 10.6. The van der Waals surface area contributed by atoms with Gasteiger partial charge < -0.3 is 14.4 Å². The molecule has 9 nitrogen and oxygen atoms in total. The zero-order valence-electron chi connectivity index (χ0n) is 21.7. The van der Waals surface area contributed by atoms with Crippen LogP contribution < -0.4 is 14.4 Å². The number of hydrogen-bond acceptors (Lipinski definition) is 8. The molecule has 5 aromatic rings. The second-order valence-corrected chi connectivity index (χ2v) is 8.51. The highest BCUT2D eigenvalue weighted by molar-refractivity contribution is 5.83. The molecule has 0 unspecified atom stereocenters. The van der Waals surface area contributed by atoms with Crippen molar-refractivity contribution in [2.75, 3.05) is 25.7 Å². The number of aromatic nitrogens is 6. The molecule has 0 radical (unpaired) electrons. The summed E-state index contributed by atoms with van der Waals surface area (Å²) < 4.78 is 12.8. The number of nitrogens with zero attached hydrogens (tertiary/aromatic N) is 7. The molecule has 0 fully saturated rings. The predicted molar refractivity (Wildman–Crippen MR) is 147 cm³/mol.